The van der Waals surface area contributed by atoms with Gasteiger partial charge in [-0.05, 0) is 12.8 Å². The first-order valence-electron chi connectivity index (χ1n) is 9.38. The zero-order chi connectivity index (χ0) is 20.4. The summed E-state index contributed by atoms with van der Waals surface area (Å²) < 4.78 is 5.06. The van der Waals surface area contributed by atoms with Crippen LogP contribution in [-0.2, 0) is 6.61 Å². The van der Waals surface area contributed by atoms with E-state index < -0.39 is 0 Å². The number of nitrogens with zero attached hydrogens (tertiary/aromatic N) is 3. The summed E-state index contributed by atoms with van der Waals surface area (Å²) in [6.45, 7) is 4.03. The lowest BCUT2D eigenvalue weighted by atomic mass is 9.86. The molecule has 0 unspecified atom stereocenters. The monoisotopic (exact) mass is 402 g/mol. The first-order valence-corrected chi connectivity index (χ1v) is 10.2. The fourth-order valence-corrected chi connectivity index (χ4v) is 3.27. The standard InChI is InChI=1S/C11H10N2O2.C7H10N2OS.C2H6/c1-12-11(14)9-7-10(15-13-9)8-5-3-2-4-6-8;10-4-6-8-9-7(11-6)5-2-1-3-5;1-2/h2-7H,1H3,(H,12,14);5,10H,1-4H2;1-2H3. The summed E-state index contributed by atoms with van der Waals surface area (Å²) in [5, 5.41) is 24.6. The zero-order valence-electron chi connectivity index (χ0n) is 16.4. The van der Waals surface area contributed by atoms with Gasteiger partial charge in [-0.2, -0.15) is 0 Å². The predicted molar refractivity (Wildman–Crippen MR) is 109 cm³/mol. The number of aromatic nitrogens is 3. The smallest absolute Gasteiger partial charge is 0.273 e. The average molecular weight is 403 g/mol. The van der Waals surface area contributed by atoms with Crippen LogP contribution in [0, 0.1) is 0 Å². The van der Waals surface area contributed by atoms with E-state index in [1.165, 1.54) is 19.3 Å². The molecular weight excluding hydrogens is 376 g/mol. The van der Waals surface area contributed by atoms with Gasteiger partial charge in [-0.25, -0.2) is 0 Å². The van der Waals surface area contributed by atoms with E-state index in [2.05, 4.69) is 20.7 Å². The van der Waals surface area contributed by atoms with Crippen molar-refractivity contribution in [1.29, 1.82) is 0 Å². The SMILES string of the molecule is CC.CNC(=O)c1cc(-c2ccccc2)on1.OCc1nnc(C2CCC2)s1. The minimum absolute atomic E-state index is 0.0321. The molecule has 28 heavy (non-hydrogen) atoms. The number of aliphatic hydroxyl groups excluding tert-OH is 1. The summed E-state index contributed by atoms with van der Waals surface area (Å²) in [5.74, 6) is 0.989. The van der Waals surface area contributed by atoms with E-state index in [-0.39, 0.29) is 18.2 Å². The van der Waals surface area contributed by atoms with Gasteiger partial charge in [0.1, 0.15) is 10.0 Å². The van der Waals surface area contributed by atoms with Crippen molar-refractivity contribution in [1.82, 2.24) is 20.7 Å². The fraction of sp³-hybridized carbons (Fsp3) is 0.400. The summed E-state index contributed by atoms with van der Waals surface area (Å²) in [4.78, 5) is 11.2. The van der Waals surface area contributed by atoms with Crippen molar-refractivity contribution in [2.45, 2.75) is 45.6 Å². The van der Waals surface area contributed by atoms with Gasteiger partial charge in [-0.15, -0.1) is 10.2 Å². The van der Waals surface area contributed by atoms with E-state index in [4.69, 9.17) is 9.63 Å². The first-order chi connectivity index (χ1) is 13.7. The summed E-state index contributed by atoms with van der Waals surface area (Å²) in [7, 11) is 1.55. The van der Waals surface area contributed by atoms with Gasteiger partial charge >= 0.3 is 0 Å². The highest BCUT2D eigenvalue weighted by Gasteiger charge is 2.23. The van der Waals surface area contributed by atoms with Crippen LogP contribution in [0.15, 0.2) is 40.9 Å². The van der Waals surface area contributed by atoms with Crippen LogP contribution in [0.1, 0.15) is 59.5 Å². The van der Waals surface area contributed by atoms with Gasteiger partial charge in [0.25, 0.3) is 5.91 Å². The highest BCUT2D eigenvalue weighted by atomic mass is 32.1. The molecule has 0 radical (unpaired) electrons. The maximum atomic E-state index is 11.2. The Hall–Kier alpha value is -2.58. The maximum Gasteiger partial charge on any atom is 0.273 e. The number of hydrogen-bond donors (Lipinski definition) is 2. The van der Waals surface area contributed by atoms with Gasteiger partial charge in [0.2, 0.25) is 0 Å². The zero-order valence-corrected chi connectivity index (χ0v) is 17.2. The number of nitrogens with one attached hydrogen (secondary N) is 1. The normalized spacial score (nSPS) is 12.7. The number of benzene rings is 1. The Kier molecular flexibility index (Phi) is 8.77. The van der Waals surface area contributed by atoms with Crippen LogP contribution in [0.2, 0.25) is 0 Å². The van der Waals surface area contributed by atoms with Gasteiger partial charge in [0.15, 0.2) is 11.5 Å². The molecule has 0 atom stereocenters. The van der Waals surface area contributed by atoms with Crippen LogP contribution in [0.3, 0.4) is 0 Å². The summed E-state index contributed by atoms with van der Waals surface area (Å²) in [6.07, 6.45) is 3.82. The van der Waals surface area contributed by atoms with Crippen molar-refractivity contribution >= 4 is 17.2 Å². The summed E-state index contributed by atoms with van der Waals surface area (Å²) in [5.41, 5.74) is 1.19. The molecule has 150 valence electrons. The molecule has 0 bridgehead atoms. The van der Waals surface area contributed by atoms with Crippen LogP contribution in [0.5, 0.6) is 0 Å². The number of carbonyl (C=O) groups excluding carboxylic acids is 1. The van der Waals surface area contributed by atoms with Crippen LogP contribution in [0.25, 0.3) is 11.3 Å². The van der Waals surface area contributed by atoms with Crippen molar-refractivity contribution in [2.24, 2.45) is 0 Å². The molecule has 1 fully saturated rings. The number of aliphatic hydroxyl groups is 1. The van der Waals surface area contributed by atoms with Gasteiger partial charge in [0, 0.05) is 24.6 Å². The topological polar surface area (TPSA) is 101 Å². The molecule has 0 spiro atoms. The fourth-order valence-electron chi connectivity index (χ4n) is 2.40. The molecule has 1 aliphatic rings. The Morgan fingerprint density at radius 3 is 2.50 bits per heavy atom. The van der Waals surface area contributed by atoms with Crippen molar-refractivity contribution in [3.8, 4) is 11.3 Å². The average Bonchev–Trinajstić information content (AvgIpc) is 3.39. The van der Waals surface area contributed by atoms with Crippen molar-refractivity contribution in [3.05, 3.63) is 52.1 Å². The summed E-state index contributed by atoms with van der Waals surface area (Å²) in [6, 6.07) is 11.1. The van der Waals surface area contributed by atoms with E-state index >= 15 is 0 Å². The van der Waals surface area contributed by atoms with E-state index in [1.54, 1.807) is 24.5 Å². The molecular formula is C20H26N4O3S. The molecule has 1 aromatic carbocycles. The van der Waals surface area contributed by atoms with Crippen LogP contribution >= 0.6 is 11.3 Å². The maximum absolute atomic E-state index is 11.2. The molecule has 4 rings (SSSR count). The van der Waals surface area contributed by atoms with Crippen LogP contribution < -0.4 is 5.32 Å². The van der Waals surface area contributed by atoms with Crippen molar-refractivity contribution in [3.63, 3.8) is 0 Å². The first kappa shape index (κ1) is 21.7. The van der Waals surface area contributed by atoms with Gasteiger partial charge in [-0.1, -0.05) is 67.1 Å². The summed E-state index contributed by atoms with van der Waals surface area (Å²) >= 11 is 1.54. The Morgan fingerprint density at radius 2 is 1.96 bits per heavy atom. The molecule has 1 amide bonds. The Balaban J connectivity index is 0.000000191. The van der Waals surface area contributed by atoms with Crippen LogP contribution in [-0.4, -0.2) is 33.4 Å². The lowest BCUT2D eigenvalue weighted by Crippen LogP contribution is -2.17. The lowest BCUT2D eigenvalue weighted by molar-refractivity contribution is 0.0954. The Morgan fingerprint density at radius 1 is 1.25 bits per heavy atom. The third-order valence-corrected chi connectivity index (χ3v) is 5.17. The van der Waals surface area contributed by atoms with Crippen molar-refractivity contribution in [2.75, 3.05) is 7.05 Å². The molecule has 2 aromatic heterocycles. The minimum Gasteiger partial charge on any atom is -0.389 e. The lowest BCUT2D eigenvalue weighted by Gasteiger charge is -2.21. The number of hydrogen-bond acceptors (Lipinski definition) is 7. The Bertz CT molecular complexity index is 844. The van der Waals surface area contributed by atoms with E-state index in [0.717, 1.165) is 15.6 Å². The quantitative estimate of drug-likeness (QED) is 0.683. The van der Waals surface area contributed by atoms with Gasteiger partial charge < -0.3 is 14.9 Å². The van der Waals surface area contributed by atoms with Crippen LogP contribution in [0.4, 0.5) is 0 Å². The molecule has 0 aliphatic heterocycles. The largest absolute Gasteiger partial charge is 0.389 e. The predicted octanol–water partition coefficient (Wildman–Crippen LogP) is 4.03. The highest BCUT2D eigenvalue weighted by Crippen LogP contribution is 2.37. The molecule has 8 heteroatoms. The van der Waals surface area contributed by atoms with Gasteiger partial charge in [0.05, 0.1) is 6.61 Å². The highest BCUT2D eigenvalue weighted by molar-refractivity contribution is 7.11. The molecule has 0 saturated heterocycles. The molecule has 2 N–H and O–H groups in total. The third-order valence-electron chi connectivity index (χ3n) is 4.10. The third kappa shape index (κ3) is 5.71. The molecule has 1 aliphatic carbocycles. The molecule has 3 aromatic rings. The second kappa shape index (κ2) is 11.3. The molecule has 2 heterocycles. The van der Waals surface area contributed by atoms with E-state index in [9.17, 15) is 4.79 Å². The van der Waals surface area contributed by atoms with Crippen molar-refractivity contribution < 1.29 is 14.4 Å². The van der Waals surface area contributed by atoms with E-state index in [1.807, 2.05) is 44.2 Å². The van der Waals surface area contributed by atoms with Gasteiger partial charge in [-0.3, -0.25) is 4.79 Å². The number of carbonyl (C=O) groups is 1. The number of rotatable bonds is 4. The molecule has 7 nitrogen and oxygen atoms in total. The second-order valence-electron chi connectivity index (χ2n) is 5.84. The second-order valence-corrected chi connectivity index (χ2v) is 6.94. The Labute approximate surface area is 168 Å². The van der Waals surface area contributed by atoms with E-state index in [0.29, 0.717) is 11.7 Å². The number of amides is 1. The minimum atomic E-state index is -0.249. The molecule has 1 saturated carbocycles.